The van der Waals surface area contributed by atoms with Gasteiger partial charge in [0, 0.05) is 24.1 Å². The Hall–Kier alpha value is -2.44. The summed E-state index contributed by atoms with van der Waals surface area (Å²) in [5.74, 6) is 1.28. The molecule has 0 unspecified atom stereocenters. The van der Waals surface area contributed by atoms with Crippen LogP contribution in [0.25, 0.3) is 0 Å². The SMILES string of the molecule is COc1ccc(C2=NOC3(CCC3)C2)cc1OCCCN(C(=O)O)C(C)(C)C. The predicted octanol–water partition coefficient (Wildman–Crippen LogP) is 4.29. The molecule has 1 amide bonds. The lowest BCUT2D eigenvalue weighted by Gasteiger charge is -2.34. The largest absolute Gasteiger partial charge is 0.493 e. The molecule has 7 heteroatoms. The van der Waals surface area contributed by atoms with Crippen LogP contribution in [-0.4, -0.2) is 53.2 Å². The summed E-state index contributed by atoms with van der Waals surface area (Å²) in [6, 6.07) is 5.77. The molecule has 1 heterocycles. The maximum Gasteiger partial charge on any atom is 0.407 e. The maximum atomic E-state index is 11.4. The number of amides is 1. The van der Waals surface area contributed by atoms with Crippen molar-refractivity contribution in [2.45, 2.75) is 64.0 Å². The quantitative estimate of drug-likeness (QED) is 0.703. The summed E-state index contributed by atoms with van der Waals surface area (Å²) in [6.45, 7) is 6.45. The van der Waals surface area contributed by atoms with Crippen molar-refractivity contribution in [2.24, 2.45) is 5.16 Å². The first-order valence-corrected chi connectivity index (χ1v) is 9.81. The van der Waals surface area contributed by atoms with E-state index < -0.39 is 11.6 Å². The van der Waals surface area contributed by atoms with Crippen molar-refractivity contribution in [1.29, 1.82) is 0 Å². The van der Waals surface area contributed by atoms with Crippen LogP contribution in [0.15, 0.2) is 23.4 Å². The molecule has 1 spiro atoms. The van der Waals surface area contributed by atoms with Crippen LogP contribution in [0.4, 0.5) is 4.79 Å². The van der Waals surface area contributed by atoms with Gasteiger partial charge in [-0.15, -0.1) is 0 Å². The Morgan fingerprint density at radius 2 is 2.07 bits per heavy atom. The first-order chi connectivity index (χ1) is 13.2. The fourth-order valence-corrected chi connectivity index (χ4v) is 3.61. The zero-order valence-electron chi connectivity index (χ0n) is 17.2. The molecule has 1 fully saturated rings. The number of hydrogen-bond donors (Lipinski definition) is 1. The van der Waals surface area contributed by atoms with Crippen molar-refractivity contribution in [1.82, 2.24) is 4.90 Å². The van der Waals surface area contributed by atoms with Gasteiger partial charge in [-0.05, 0) is 64.7 Å². The highest BCUT2D eigenvalue weighted by Crippen LogP contribution is 2.43. The van der Waals surface area contributed by atoms with Crippen molar-refractivity contribution in [2.75, 3.05) is 20.3 Å². The molecule has 1 N–H and O–H groups in total. The molecule has 0 atom stereocenters. The van der Waals surface area contributed by atoms with Crippen LogP contribution in [-0.2, 0) is 4.84 Å². The smallest absolute Gasteiger partial charge is 0.407 e. The summed E-state index contributed by atoms with van der Waals surface area (Å²) in [5.41, 5.74) is 1.39. The van der Waals surface area contributed by atoms with Gasteiger partial charge in [0.1, 0.15) is 5.60 Å². The number of ether oxygens (including phenoxy) is 2. The van der Waals surface area contributed by atoms with Gasteiger partial charge in [0.05, 0.1) is 19.4 Å². The number of hydrogen-bond acceptors (Lipinski definition) is 5. The lowest BCUT2D eigenvalue weighted by Crippen LogP contribution is -2.45. The summed E-state index contributed by atoms with van der Waals surface area (Å²) in [7, 11) is 1.60. The van der Waals surface area contributed by atoms with E-state index >= 15 is 0 Å². The predicted molar refractivity (Wildman–Crippen MR) is 106 cm³/mol. The van der Waals surface area contributed by atoms with Crippen LogP contribution in [0.1, 0.15) is 58.4 Å². The van der Waals surface area contributed by atoms with E-state index in [1.807, 2.05) is 39.0 Å². The minimum Gasteiger partial charge on any atom is -0.493 e. The average molecular weight is 390 g/mol. The molecule has 1 aliphatic heterocycles. The fourth-order valence-electron chi connectivity index (χ4n) is 3.61. The van der Waals surface area contributed by atoms with Gasteiger partial charge in [0.15, 0.2) is 11.5 Å². The molecule has 1 saturated carbocycles. The summed E-state index contributed by atoms with van der Waals surface area (Å²) < 4.78 is 11.3. The Kier molecular flexibility index (Phi) is 5.72. The van der Waals surface area contributed by atoms with Crippen LogP contribution in [0.5, 0.6) is 11.5 Å². The molecule has 1 aliphatic carbocycles. The molecule has 0 aromatic heterocycles. The second-order valence-electron chi connectivity index (χ2n) is 8.52. The van der Waals surface area contributed by atoms with Gasteiger partial charge in [-0.1, -0.05) is 5.16 Å². The van der Waals surface area contributed by atoms with E-state index in [2.05, 4.69) is 5.16 Å². The molecule has 0 saturated heterocycles. The van der Waals surface area contributed by atoms with Crippen molar-refractivity contribution in [3.8, 4) is 11.5 Å². The second-order valence-corrected chi connectivity index (χ2v) is 8.52. The van der Waals surface area contributed by atoms with Crippen LogP contribution in [0, 0.1) is 0 Å². The van der Waals surface area contributed by atoms with E-state index in [0.717, 1.165) is 30.5 Å². The van der Waals surface area contributed by atoms with Gasteiger partial charge in [-0.25, -0.2) is 4.79 Å². The van der Waals surface area contributed by atoms with Gasteiger partial charge >= 0.3 is 6.09 Å². The summed E-state index contributed by atoms with van der Waals surface area (Å²) in [6.07, 6.45) is 3.82. The first-order valence-electron chi connectivity index (χ1n) is 9.81. The molecule has 0 bridgehead atoms. The van der Waals surface area contributed by atoms with E-state index in [1.165, 1.54) is 11.3 Å². The minimum absolute atomic E-state index is 0.0798. The molecule has 3 rings (SSSR count). The molecule has 1 aromatic carbocycles. The number of carbonyl (C=O) groups is 1. The molecule has 1 aromatic rings. The average Bonchev–Trinajstić information content (AvgIpc) is 3.06. The molecule has 28 heavy (non-hydrogen) atoms. The summed E-state index contributed by atoms with van der Waals surface area (Å²) in [5, 5.41) is 13.7. The monoisotopic (exact) mass is 390 g/mol. The number of methoxy groups -OCH3 is 1. The highest BCUT2D eigenvalue weighted by Gasteiger charge is 2.44. The lowest BCUT2D eigenvalue weighted by molar-refractivity contribution is -0.0755. The van der Waals surface area contributed by atoms with E-state index in [1.54, 1.807) is 7.11 Å². The topological polar surface area (TPSA) is 80.6 Å². The number of carboxylic acid groups (broad SMARTS) is 1. The molecule has 154 valence electrons. The van der Waals surface area contributed by atoms with Gasteiger partial charge in [0.25, 0.3) is 0 Å². The molecule has 2 aliphatic rings. The Morgan fingerprint density at radius 3 is 2.61 bits per heavy atom. The summed E-state index contributed by atoms with van der Waals surface area (Å²) >= 11 is 0. The highest BCUT2D eigenvalue weighted by atomic mass is 16.7. The van der Waals surface area contributed by atoms with Crippen molar-refractivity contribution < 1.29 is 24.2 Å². The standard InChI is InChI=1S/C21H30N2O5/c1-20(2,3)23(19(24)25)11-6-12-27-18-13-15(7-8-17(18)26-4)16-14-21(28-22-16)9-5-10-21/h7-8,13H,5-6,9-12,14H2,1-4H3,(H,24,25). The van der Waals surface area contributed by atoms with Gasteiger partial charge < -0.3 is 24.3 Å². The second kappa shape index (κ2) is 7.89. The third-order valence-electron chi connectivity index (χ3n) is 5.43. The van der Waals surface area contributed by atoms with Crippen molar-refractivity contribution in [3.05, 3.63) is 23.8 Å². The fraction of sp³-hybridized carbons (Fsp3) is 0.619. The number of benzene rings is 1. The Morgan fingerprint density at radius 1 is 1.32 bits per heavy atom. The highest BCUT2D eigenvalue weighted by molar-refractivity contribution is 6.02. The number of nitrogens with zero attached hydrogens (tertiary/aromatic N) is 2. The van der Waals surface area contributed by atoms with Gasteiger partial charge in [0.2, 0.25) is 0 Å². The van der Waals surface area contributed by atoms with E-state index in [-0.39, 0.29) is 5.60 Å². The molecule has 0 radical (unpaired) electrons. The summed E-state index contributed by atoms with van der Waals surface area (Å²) in [4.78, 5) is 18.5. The minimum atomic E-state index is -0.920. The zero-order valence-corrected chi connectivity index (χ0v) is 17.2. The number of oxime groups is 1. The van der Waals surface area contributed by atoms with Crippen LogP contribution >= 0.6 is 0 Å². The Labute approximate surface area is 166 Å². The van der Waals surface area contributed by atoms with E-state index in [0.29, 0.717) is 31.1 Å². The van der Waals surface area contributed by atoms with Crippen molar-refractivity contribution in [3.63, 3.8) is 0 Å². The van der Waals surface area contributed by atoms with Crippen molar-refractivity contribution >= 4 is 11.8 Å². The maximum absolute atomic E-state index is 11.4. The zero-order chi connectivity index (χ0) is 20.4. The third kappa shape index (κ3) is 4.34. The van der Waals surface area contributed by atoms with Crippen LogP contribution in [0.3, 0.4) is 0 Å². The molecule has 7 nitrogen and oxygen atoms in total. The van der Waals surface area contributed by atoms with Gasteiger partial charge in [-0.2, -0.15) is 0 Å². The Bertz CT molecular complexity index is 750. The normalized spacial score (nSPS) is 17.5. The number of rotatable bonds is 7. The lowest BCUT2D eigenvalue weighted by atomic mass is 9.76. The third-order valence-corrected chi connectivity index (χ3v) is 5.43. The Balaban J connectivity index is 1.61. The molecular formula is C21H30N2O5. The molecular weight excluding hydrogens is 360 g/mol. The van der Waals surface area contributed by atoms with Crippen LogP contribution < -0.4 is 9.47 Å². The van der Waals surface area contributed by atoms with E-state index in [9.17, 15) is 9.90 Å². The van der Waals surface area contributed by atoms with E-state index in [4.69, 9.17) is 14.3 Å². The van der Waals surface area contributed by atoms with Gasteiger partial charge in [-0.3, -0.25) is 0 Å². The van der Waals surface area contributed by atoms with Crippen LogP contribution in [0.2, 0.25) is 0 Å². The first kappa shape index (κ1) is 20.3.